The summed E-state index contributed by atoms with van der Waals surface area (Å²) in [7, 11) is 1.60. The second-order valence-electron chi connectivity index (χ2n) is 9.48. The fraction of sp³-hybridized carbons (Fsp3) is 0.500. The molecule has 6 nitrogen and oxygen atoms in total. The number of amides is 2. The summed E-state index contributed by atoms with van der Waals surface area (Å²) in [4.78, 5) is 28.0. The van der Waals surface area contributed by atoms with E-state index in [1.807, 2.05) is 12.1 Å². The van der Waals surface area contributed by atoms with Gasteiger partial charge in [-0.1, -0.05) is 48.7 Å². The molecule has 0 saturated heterocycles. The maximum atomic E-state index is 13.6. The van der Waals surface area contributed by atoms with E-state index in [1.165, 1.54) is 11.1 Å². The van der Waals surface area contributed by atoms with Gasteiger partial charge >= 0.3 is 0 Å². The van der Waals surface area contributed by atoms with E-state index in [4.69, 9.17) is 9.47 Å². The van der Waals surface area contributed by atoms with E-state index in [0.717, 1.165) is 49.8 Å². The number of hydrogen-bond donors (Lipinski definition) is 1. The standard InChI is InChI=1S/C28H36N2O4/c1-19-7-6-10-23(17-19)26-25-18-24(34-20(2)27(31)29-14-16-33-3)12-11-21(25)13-15-30(26)28(32)22-8-4-5-9-22/h6-7,10-12,17-18,20,22,26H,4-5,8-9,13-16H2,1-3H3,(H,29,31)/t20-,26+/m0/s1. The third-order valence-corrected chi connectivity index (χ3v) is 6.98. The first-order chi connectivity index (χ1) is 16.5. The van der Waals surface area contributed by atoms with Crippen LogP contribution in [0.3, 0.4) is 0 Å². The van der Waals surface area contributed by atoms with Crippen LogP contribution in [-0.2, 0) is 20.7 Å². The molecule has 1 aliphatic carbocycles. The SMILES string of the molecule is COCCNC(=O)[C@H](C)Oc1ccc2c(c1)[C@@H](c1cccc(C)c1)N(C(=O)C1CCCC1)CC2. The summed E-state index contributed by atoms with van der Waals surface area (Å²) < 4.78 is 11.0. The van der Waals surface area contributed by atoms with Crippen molar-refractivity contribution in [2.45, 2.75) is 58.1 Å². The van der Waals surface area contributed by atoms with Gasteiger partial charge in [0.1, 0.15) is 5.75 Å². The van der Waals surface area contributed by atoms with Crippen molar-refractivity contribution in [2.24, 2.45) is 5.92 Å². The van der Waals surface area contributed by atoms with Crippen LogP contribution >= 0.6 is 0 Å². The van der Waals surface area contributed by atoms with Gasteiger partial charge in [-0.25, -0.2) is 0 Å². The number of methoxy groups -OCH3 is 1. The van der Waals surface area contributed by atoms with Gasteiger partial charge in [-0.15, -0.1) is 0 Å². The van der Waals surface area contributed by atoms with Crippen molar-refractivity contribution in [3.8, 4) is 5.75 Å². The molecule has 2 aliphatic rings. The van der Waals surface area contributed by atoms with Crippen LogP contribution < -0.4 is 10.1 Å². The normalized spacial score (nSPS) is 18.9. The van der Waals surface area contributed by atoms with E-state index in [-0.39, 0.29) is 23.8 Å². The molecule has 1 fully saturated rings. The third-order valence-electron chi connectivity index (χ3n) is 6.98. The van der Waals surface area contributed by atoms with E-state index in [0.29, 0.717) is 18.9 Å². The molecule has 34 heavy (non-hydrogen) atoms. The van der Waals surface area contributed by atoms with Gasteiger partial charge in [0.25, 0.3) is 5.91 Å². The number of ether oxygens (including phenoxy) is 2. The van der Waals surface area contributed by atoms with Crippen molar-refractivity contribution in [2.75, 3.05) is 26.8 Å². The lowest BCUT2D eigenvalue weighted by Gasteiger charge is -2.39. The Hall–Kier alpha value is -2.86. The van der Waals surface area contributed by atoms with Crippen LogP contribution in [0.1, 0.15) is 60.9 Å². The molecule has 0 unspecified atom stereocenters. The zero-order valence-electron chi connectivity index (χ0n) is 20.5. The summed E-state index contributed by atoms with van der Waals surface area (Å²) in [5.41, 5.74) is 4.61. The highest BCUT2D eigenvalue weighted by molar-refractivity contribution is 5.81. The van der Waals surface area contributed by atoms with Gasteiger partial charge in [0.2, 0.25) is 5.91 Å². The van der Waals surface area contributed by atoms with Crippen LogP contribution in [0.4, 0.5) is 0 Å². The zero-order chi connectivity index (χ0) is 24.1. The van der Waals surface area contributed by atoms with E-state index in [9.17, 15) is 9.59 Å². The summed E-state index contributed by atoms with van der Waals surface area (Å²) in [5.74, 6) is 0.861. The van der Waals surface area contributed by atoms with Gasteiger partial charge in [-0.05, 0) is 61.9 Å². The third kappa shape index (κ3) is 5.44. The Morgan fingerprint density at radius 1 is 1.15 bits per heavy atom. The molecule has 1 saturated carbocycles. The first kappa shape index (κ1) is 24.3. The average Bonchev–Trinajstić information content (AvgIpc) is 3.38. The zero-order valence-corrected chi connectivity index (χ0v) is 20.5. The van der Waals surface area contributed by atoms with Crippen LogP contribution in [0.25, 0.3) is 0 Å². The number of carbonyl (C=O) groups is 2. The summed E-state index contributed by atoms with van der Waals surface area (Å²) in [6.07, 6.45) is 4.44. The highest BCUT2D eigenvalue weighted by Gasteiger charge is 2.36. The summed E-state index contributed by atoms with van der Waals surface area (Å²) in [6.45, 7) is 5.45. The number of aryl methyl sites for hydroxylation is 1. The molecule has 0 radical (unpaired) electrons. The number of rotatable bonds is 8. The minimum Gasteiger partial charge on any atom is -0.481 e. The van der Waals surface area contributed by atoms with Crippen LogP contribution in [-0.4, -0.2) is 49.6 Å². The molecule has 2 amide bonds. The molecular formula is C28H36N2O4. The molecule has 2 aromatic rings. The summed E-state index contributed by atoms with van der Waals surface area (Å²) in [6, 6.07) is 14.3. The van der Waals surface area contributed by atoms with Crippen LogP contribution in [0.5, 0.6) is 5.75 Å². The highest BCUT2D eigenvalue weighted by Crippen LogP contribution is 2.40. The fourth-order valence-corrected chi connectivity index (χ4v) is 5.19. The molecule has 6 heteroatoms. The smallest absolute Gasteiger partial charge is 0.260 e. The second-order valence-corrected chi connectivity index (χ2v) is 9.48. The number of hydrogen-bond acceptors (Lipinski definition) is 4. The van der Waals surface area contributed by atoms with Crippen molar-refractivity contribution in [3.63, 3.8) is 0 Å². The van der Waals surface area contributed by atoms with E-state index >= 15 is 0 Å². The maximum absolute atomic E-state index is 13.6. The van der Waals surface area contributed by atoms with Crippen molar-refractivity contribution in [3.05, 3.63) is 64.7 Å². The van der Waals surface area contributed by atoms with Crippen LogP contribution in [0.2, 0.25) is 0 Å². The van der Waals surface area contributed by atoms with E-state index in [1.54, 1.807) is 14.0 Å². The van der Waals surface area contributed by atoms with Gasteiger partial charge in [0.15, 0.2) is 6.10 Å². The Morgan fingerprint density at radius 2 is 1.94 bits per heavy atom. The maximum Gasteiger partial charge on any atom is 0.260 e. The number of benzene rings is 2. The van der Waals surface area contributed by atoms with Gasteiger partial charge in [0, 0.05) is 26.1 Å². The van der Waals surface area contributed by atoms with Crippen molar-refractivity contribution in [1.29, 1.82) is 0 Å². The van der Waals surface area contributed by atoms with Crippen LogP contribution in [0, 0.1) is 12.8 Å². The minimum absolute atomic E-state index is 0.129. The first-order valence-corrected chi connectivity index (χ1v) is 12.4. The van der Waals surface area contributed by atoms with Crippen molar-refractivity contribution in [1.82, 2.24) is 10.2 Å². The molecule has 1 heterocycles. The molecule has 0 bridgehead atoms. The van der Waals surface area contributed by atoms with Gasteiger partial charge < -0.3 is 19.7 Å². The predicted octanol–water partition coefficient (Wildman–Crippen LogP) is 4.19. The molecule has 1 N–H and O–H groups in total. The first-order valence-electron chi connectivity index (χ1n) is 12.4. The molecule has 182 valence electrons. The topological polar surface area (TPSA) is 67.9 Å². The Kier molecular flexibility index (Phi) is 7.88. The monoisotopic (exact) mass is 464 g/mol. The lowest BCUT2D eigenvalue weighted by molar-refractivity contribution is -0.137. The van der Waals surface area contributed by atoms with Gasteiger partial charge in [0.05, 0.1) is 12.6 Å². The quantitative estimate of drug-likeness (QED) is 0.595. The molecule has 0 aromatic heterocycles. The predicted molar refractivity (Wildman–Crippen MR) is 132 cm³/mol. The average molecular weight is 465 g/mol. The van der Waals surface area contributed by atoms with Gasteiger partial charge in [-0.2, -0.15) is 0 Å². The molecule has 2 aromatic carbocycles. The summed E-state index contributed by atoms with van der Waals surface area (Å²) >= 11 is 0. The lowest BCUT2D eigenvalue weighted by atomic mass is 9.86. The Labute approximate surface area is 202 Å². The molecular weight excluding hydrogens is 428 g/mol. The Morgan fingerprint density at radius 3 is 2.68 bits per heavy atom. The summed E-state index contributed by atoms with van der Waals surface area (Å²) in [5, 5.41) is 2.82. The number of nitrogens with one attached hydrogen (secondary N) is 1. The molecule has 4 rings (SSSR count). The number of carbonyl (C=O) groups excluding carboxylic acids is 2. The Bertz CT molecular complexity index is 1020. The highest BCUT2D eigenvalue weighted by atomic mass is 16.5. The largest absolute Gasteiger partial charge is 0.481 e. The van der Waals surface area contributed by atoms with Crippen molar-refractivity contribution < 1.29 is 19.1 Å². The molecule has 2 atom stereocenters. The molecule has 1 aliphatic heterocycles. The Balaban J connectivity index is 1.62. The molecule has 0 spiro atoms. The number of fused-ring (bicyclic) bond motifs is 1. The van der Waals surface area contributed by atoms with E-state index in [2.05, 4.69) is 47.5 Å². The van der Waals surface area contributed by atoms with Gasteiger partial charge in [-0.3, -0.25) is 9.59 Å². The lowest BCUT2D eigenvalue weighted by Crippen LogP contribution is -2.43. The number of nitrogens with zero attached hydrogens (tertiary/aromatic N) is 1. The second kappa shape index (κ2) is 11.0. The van der Waals surface area contributed by atoms with E-state index < -0.39 is 6.10 Å². The minimum atomic E-state index is -0.632. The van der Waals surface area contributed by atoms with Crippen molar-refractivity contribution >= 4 is 11.8 Å². The fourth-order valence-electron chi connectivity index (χ4n) is 5.19. The van der Waals surface area contributed by atoms with Crippen LogP contribution in [0.15, 0.2) is 42.5 Å².